The first-order valence-corrected chi connectivity index (χ1v) is 14.9. The molecular weight excluding hydrogens is 615 g/mol. The second-order valence-electron chi connectivity index (χ2n) is 9.63. The van der Waals surface area contributed by atoms with E-state index in [-0.39, 0.29) is 44.9 Å². The van der Waals surface area contributed by atoms with E-state index in [1.54, 1.807) is 24.3 Å². The van der Waals surface area contributed by atoms with Gasteiger partial charge in [-0.15, -0.1) is 0 Å². The zero-order valence-electron chi connectivity index (χ0n) is 21.6. The number of nitrogens with zero attached hydrogens (tertiary/aromatic N) is 2. The minimum absolute atomic E-state index is 0.0615. The van der Waals surface area contributed by atoms with Gasteiger partial charge in [0.25, 0.3) is 5.91 Å². The molecule has 41 heavy (non-hydrogen) atoms. The van der Waals surface area contributed by atoms with E-state index < -0.39 is 39.4 Å². The number of anilines is 1. The largest absolute Gasteiger partial charge is 0.480 e. The fourth-order valence-electron chi connectivity index (χ4n) is 4.59. The van der Waals surface area contributed by atoms with Crippen molar-refractivity contribution in [3.8, 4) is 0 Å². The van der Waals surface area contributed by atoms with Crippen LogP contribution in [0.25, 0.3) is 0 Å². The number of carbonyl (C=O) groups is 3. The van der Waals surface area contributed by atoms with Gasteiger partial charge in [0.1, 0.15) is 11.6 Å². The summed E-state index contributed by atoms with van der Waals surface area (Å²) < 4.78 is 28.0. The molecular formula is C27H25Cl3N4O6S. The van der Waals surface area contributed by atoms with E-state index in [0.717, 1.165) is 4.31 Å². The molecule has 0 bridgehead atoms. The third-order valence-corrected chi connectivity index (χ3v) is 9.50. The highest BCUT2D eigenvalue weighted by Gasteiger charge is 2.50. The van der Waals surface area contributed by atoms with Gasteiger partial charge in [0.2, 0.25) is 15.9 Å². The number of nitrogens with one attached hydrogen (secondary N) is 2. The summed E-state index contributed by atoms with van der Waals surface area (Å²) in [5, 5.41) is 15.5. The monoisotopic (exact) mass is 638 g/mol. The molecule has 3 aromatic rings. The fourth-order valence-corrected chi connectivity index (χ4v) is 7.33. The van der Waals surface area contributed by atoms with E-state index in [1.807, 2.05) is 0 Å². The first-order valence-electron chi connectivity index (χ1n) is 12.3. The van der Waals surface area contributed by atoms with Crippen LogP contribution in [0.15, 0.2) is 65.8 Å². The molecule has 216 valence electrons. The molecule has 2 atom stereocenters. The molecule has 1 aliphatic rings. The topological polar surface area (TPSA) is 146 Å². The Kier molecular flexibility index (Phi) is 9.25. The summed E-state index contributed by atoms with van der Waals surface area (Å²) in [5.41, 5.74) is -0.284. The summed E-state index contributed by atoms with van der Waals surface area (Å²) in [6.07, 6.45) is 3.30. The molecule has 0 radical (unpaired) electrons. The number of amides is 2. The summed E-state index contributed by atoms with van der Waals surface area (Å²) in [6.45, 7) is 1.52. The Morgan fingerprint density at radius 1 is 1.07 bits per heavy atom. The Labute approximate surface area is 251 Å². The Morgan fingerprint density at radius 2 is 1.73 bits per heavy atom. The van der Waals surface area contributed by atoms with Crippen LogP contribution in [0.3, 0.4) is 0 Å². The maximum absolute atomic E-state index is 13.5. The Bertz CT molecular complexity index is 1580. The van der Waals surface area contributed by atoms with Gasteiger partial charge in [-0.25, -0.2) is 13.2 Å². The molecule has 2 amide bonds. The number of halogens is 3. The van der Waals surface area contributed by atoms with Crippen LogP contribution in [0.5, 0.6) is 0 Å². The maximum Gasteiger partial charge on any atom is 0.326 e. The van der Waals surface area contributed by atoms with E-state index in [0.29, 0.717) is 17.7 Å². The van der Waals surface area contributed by atoms with Crippen LogP contribution in [-0.4, -0.2) is 58.7 Å². The molecule has 14 heteroatoms. The van der Waals surface area contributed by atoms with Gasteiger partial charge >= 0.3 is 5.97 Å². The Hall–Kier alpha value is -3.22. The van der Waals surface area contributed by atoms with Gasteiger partial charge in [-0.05, 0) is 61.7 Å². The van der Waals surface area contributed by atoms with Crippen LogP contribution in [0.4, 0.5) is 5.69 Å². The first kappa shape index (κ1) is 30.7. The molecule has 1 aromatic heterocycles. The van der Waals surface area contributed by atoms with Gasteiger partial charge in [0.05, 0.1) is 15.5 Å². The number of hydrogen-bond acceptors (Lipinski definition) is 6. The summed E-state index contributed by atoms with van der Waals surface area (Å²) in [5.74, 6) is -2.47. The highest BCUT2D eigenvalue weighted by molar-refractivity contribution is 7.89. The van der Waals surface area contributed by atoms with Crippen molar-refractivity contribution in [3.05, 3.63) is 87.1 Å². The second kappa shape index (κ2) is 12.3. The van der Waals surface area contributed by atoms with Gasteiger partial charge in [-0.1, -0.05) is 46.9 Å². The number of carboxylic acids is 1. The van der Waals surface area contributed by atoms with Gasteiger partial charge < -0.3 is 15.7 Å². The number of hydrogen-bond donors (Lipinski definition) is 3. The molecule has 1 saturated heterocycles. The highest BCUT2D eigenvalue weighted by Crippen LogP contribution is 2.36. The smallest absolute Gasteiger partial charge is 0.326 e. The number of rotatable bonds is 9. The minimum atomic E-state index is -4.18. The Morgan fingerprint density at radius 3 is 2.34 bits per heavy atom. The summed E-state index contributed by atoms with van der Waals surface area (Å²) in [4.78, 5) is 41.7. The summed E-state index contributed by atoms with van der Waals surface area (Å²) >= 11 is 18.0. The van der Waals surface area contributed by atoms with Gasteiger partial charge in [0, 0.05) is 41.1 Å². The van der Waals surface area contributed by atoms with Crippen LogP contribution in [-0.2, 0) is 26.0 Å². The minimum Gasteiger partial charge on any atom is -0.480 e. The molecule has 0 saturated carbocycles. The van der Waals surface area contributed by atoms with Crippen molar-refractivity contribution in [2.24, 2.45) is 0 Å². The van der Waals surface area contributed by atoms with Crippen LogP contribution in [0.2, 0.25) is 15.1 Å². The Balaban J connectivity index is 1.47. The first-order chi connectivity index (χ1) is 19.3. The second-order valence-corrected chi connectivity index (χ2v) is 12.8. The van der Waals surface area contributed by atoms with Crippen LogP contribution < -0.4 is 10.6 Å². The lowest BCUT2D eigenvalue weighted by atomic mass is 9.97. The molecule has 0 unspecified atom stereocenters. The summed E-state index contributed by atoms with van der Waals surface area (Å²) in [7, 11) is -4.18. The molecule has 0 spiro atoms. The highest BCUT2D eigenvalue weighted by atomic mass is 35.5. The average molecular weight is 640 g/mol. The normalized spacial score (nSPS) is 18.0. The number of aliphatic carboxylic acids is 1. The lowest BCUT2D eigenvalue weighted by Crippen LogP contribution is -2.58. The lowest BCUT2D eigenvalue weighted by Gasteiger charge is -2.34. The quantitative estimate of drug-likeness (QED) is 0.309. The van der Waals surface area contributed by atoms with Crippen molar-refractivity contribution in [1.82, 2.24) is 14.6 Å². The van der Waals surface area contributed by atoms with Gasteiger partial charge in [-0.2, -0.15) is 4.31 Å². The molecule has 0 aliphatic carbocycles. The fraction of sp³-hybridized carbons (Fsp3) is 0.259. The zero-order chi connectivity index (χ0) is 29.9. The zero-order valence-corrected chi connectivity index (χ0v) is 24.7. The average Bonchev–Trinajstić information content (AvgIpc) is 3.32. The third kappa shape index (κ3) is 6.82. The molecule has 1 fully saturated rings. The standard InChI is InChI=1S/C27H25Cl3N4O6S/c1-27(8-2-10-34(27)41(39,40)20-13-17(28)12-18(29)14-20)26(38)33-23(25(36)37)11-16-3-5-19(6-4-16)32-24(35)21-7-9-31-15-22(21)30/h3-7,9,12-15,23H,2,8,10-11H2,1H3,(H,32,35)(H,33,38)(H,36,37)/t23-,27-/m0/s1. The van der Waals surface area contributed by atoms with Gasteiger partial charge in [0.15, 0.2) is 0 Å². The van der Waals surface area contributed by atoms with Crippen LogP contribution >= 0.6 is 34.8 Å². The van der Waals surface area contributed by atoms with E-state index >= 15 is 0 Å². The molecule has 2 heterocycles. The van der Waals surface area contributed by atoms with E-state index in [2.05, 4.69) is 15.6 Å². The molecule has 1 aliphatic heterocycles. The van der Waals surface area contributed by atoms with Crippen molar-refractivity contribution in [3.63, 3.8) is 0 Å². The molecule has 4 rings (SSSR count). The van der Waals surface area contributed by atoms with Crippen LogP contribution in [0.1, 0.15) is 35.7 Å². The number of aromatic nitrogens is 1. The number of carboxylic acid groups (broad SMARTS) is 1. The predicted octanol–water partition coefficient (Wildman–Crippen LogP) is 4.65. The van der Waals surface area contributed by atoms with E-state index in [1.165, 1.54) is 43.6 Å². The van der Waals surface area contributed by atoms with Crippen molar-refractivity contribution in [2.45, 2.75) is 42.7 Å². The van der Waals surface area contributed by atoms with E-state index in [4.69, 9.17) is 34.8 Å². The molecule has 10 nitrogen and oxygen atoms in total. The predicted molar refractivity (Wildman–Crippen MR) is 155 cm³/mol. The van der Waals surface area contributed by atoms with Crippen molar-refractivity contribution >= 4 is 68.3 Å². The molecule has 3 N–H and O–H groups in total. The SMILES string of the molecule is C[C@@]1(C(=O)N[C@@H](Cc2ccc(NC(=O)c3ccncc3Cl)cc2)C(=O)O)CCCN1S(=O)(=O)c1cc(Cl)cc(Cl)c1. The van der Waals surface area contributed by atoms with Crippen molar-refractivity contribution < 1.29 is 27.9 Å². The van der Waals surface area contributed by atoms with Gasteiger partial charge in [-0.3, -0.25) is 14.6 Å². The lowest BCUT2D eigenvalue weighted by molar-refractivity contribution is -0.143. The molecule has 2 aromatic carbocycles. The number of sulfonamides is 1. The van der Waals surface area contributed by atoms with Crippen molar-refractivity contribution in [1.29, 1.82) is 0 Å². The van der Waals surface area contributed by atoms with Crippen molar-refractivity contribution in [2.75, 3.05) is 11.9 Å². The number of pyridine rings is 1. The van der Waals surface area contributed by atoms with E-state index in [9.17, 15) is 27.9 Å². The number of benzene rings is 2. The third-order valence-electron chi connectivity index (χ3n) is 6.76. The summed E-state index contributed by atoms with van der Waals surface area (Å²) in [6, 6.07) is 10.4. The maximum atomic E-state index is 13.5. The van der Waals surface area contributed by atoms with Crippen LogP contribution in [0, 0.1) is 0 Å². The number of carbonyl (C=O) groups excluding carboxylic acids is 2.